The molecule has 0 bridgehead atoms. The summed E-state index contributed by atoms with van der Waals surface area (Å²) in [5, 5.41) is 9.62. The summed E-state index contributed by atoms with van der Waals surface area (Å²) in [5.74, 6) is 1.37. The lowest BCUT2D eigenvalue weighted by molar-refractivity contribution is 0.470. The molecule has 1 N–H and O–H groups in total. The van der Waals surface area contributed by atoms with Gasteiger partial charge in [-0.15, -0.1) is 11.8 Å². The van der Waals surface area contributed by atoms with Crippen molar-refractivity contribution in [2.75, 3.05) is 0 Å². The molecule has 1 nitrogen and oxygen atoms in total. The van der Waals surface area contributed by atoms with Gasteiger partial charge in [-0.25, -0.2) is 0 Å². The maximum Gasteiger partial charge on any atom is 0.118 e. The van der Waals surface area contributed by atoms with E-state index in [0.29, 0.717) is 5.75 Å². The zero-order valence-electron chi connectivity index (χ0n) is 13.9. The van der Waals surface area contributed by atoms with E-state index in [1.807, 2.05) is 24.8 Å². The second kappa shape index (κ2) is 8.28. The Morgan fingerprint density at radius 1 is 0.955 bits per heavy atom. The van der Waals surface area contributed by atoms with Crippen LogP contribution in [0.2, 0.25) is 0 Å². The van der Waals surface area contributed by atoms with Crippen LogP contribution in [-0.4, -0.2) is 5.11 Å². The molecule has 0 aliphatic carbocycles. The number of rotatable bonds is 7. The molecule has 0 aromatic heterocycles. The van der Waals surface area contributed by atoms with Gasteiger partial charge in [-0.1, -0.05) is 43.5 Å². The van der Waals surface area contributed by atoms with E-state index in [1.165, 1.54) is 47.3 Å². The summed E-state index contributed by atoms with van der Waals surface area (Å²) >= 11 is 1.85. The molecule has 0 fully saturated rings. The first-order valence-electron chi connectivity index (χ1n) is 8.11. The lowest BCUT2D eigenvalue weighted by Gasteiger charge is -2.11. The second-order valence-corrected chi connectivity index (χ2v) is 7.01. The van der Waals surface area contributed by atoms with Gasteiger partial charge >= 0.3 is 0 Å². The molecule has 2 rings (SSSR count). The van der Waals surface area contributed by atoms with E-state index in [2.05, 4.69) is 38.1 Å². The largest absolute Gasteiger partial charge is 0.508 e. The van der Waals surface area contributed by atoms with Crippen molar-refractivity contribution in [3.05, 3.63) is 58.7 Å². The molecule has 0 saturated heterocycles. The number of hydrogen-bond acceptors (Lipinski definition) is 2. The third-order valence-electron chi connectivity index (χ3n) is 3.97. The number of aryl methyl sites for hydroxylation is 3. The normalized spacial score (nSPS) is 10.9. The number of unbranched alkanes of at least 4 members (excludes halogenated alkanes) is 2. The van der Waals surface area contributed by atoms with E-state index in [9.17, 15) is 5.11 Å². The van der Waals surface area contributed by atoms with Gasteiger partial charge in [0, 0.05) is 10.6 Å². The molecule has 118 valence electrons. The van der Waals surface area contributed by atoms with E-state index < -0.39 is 0 Å². The zero-order valence-corrected chi connectivity index (χ0v) is 14.7. The molecule has 2 aromatic carbocycles. The minimum absolute atomic E-state index is 0.375. The molecular formula is C20H26OS. The molecule has 0 saturated carbocycles. The molecule has 2 heteroatoms. The molecule has 0 heterocycles. The average molecular weight is 314 g/mol. The summed E-state index contributed by atoms with van der Waals surface area (Å²) in [7, 11) is 0. The SMILES string of the molecule is CCCCCc1ccc(C)cc1CSc1ccc(O)c(C)c1. The van der Waals surface area contributed by atoms with E-state index in [-0.39, 0.29) is 0 Å². The Balaban J connectivity index is 2.07. The predicted molar refractivity (Wildman–Crippen MR) is 96.8 cm³/mol. The fourth-order valence-electron chi connectivity index (χ4n) is 2.58. The second-order valence-electron chi connectivity index (χ2n) is 5.97. The van der Waals surface area contributed by atoms with Gasteiger partial charge in [0.2, 0.25) is 0 Å². The topological polar surface area (TPSA) is 20.2 Å². The highest BCUT2D eigenvalue weighted by molar-refractivity contribution is 7.98. The van der Waals surface area contributed by atoms with Crippen molar-refractivity contribution in [3.8, 4) is 5.75 Å². The van der Waals surface area contributed by atoms with Crippen LogP contribution in [0.1, 0.15) is 48.4 Å². The van der Waals surface area contributed by atoms with Gasteiger partial charge in [0.05, 0.1) is 0 Å². The molecule has 0 aliphatic rings. The number of hydrogen-bond donors (Lipinski definition) is 1. The number of aromatic hydroxyl groups is 1. The first-order chi connectivity index (χ1) is 10.6. The van der Waals surface area contributed by atoms with Crippen molar-refractivity contribution in [3.63, 3.8) is 0 Å². The Morgan fingerprint density at radius 3 is 2.50 bits per heavy atom. The summed E-state index contributed by atoms with van der Waals surface area (Å²) in [6.45, 7) is 6.36. The quantitative estimate of drug-likeness (QED) is 0.497. The van der Waals surface area contributed by atoms with Crippen LogP contribution in [0.4, 0.5) is 0 Å². The predicted octanol–water partition coefficient (Wildman–Crippen LogP) is 6.03. The summed E-state index contributed by atoms with van der Waals surface area (Å²) in [5.41, 5.74) is 5.21. The fraction of sp³-hybridized carbons (Fsp3) is 0.400. The summed E-state index contributed by atoms with van der Waals surface area (Å²) in [6, 6.07) is 12.7. The average Bonchev–Trinajstić information content (AvgIpc) is 2.50. The van der Waals surface area contributed by atoms with Gasteiger partial charge in [0.15, 0.2) is 0 Å². The van der Waals surface area contributed by atoms with Gasteiger partial charge in [0.25, 0.3) is 0 Å². The highest BCUT2D eigenvalue weighted by Gasteiger charge is 2.05. The Bertz CT molecular complexity index is 619. The Morgan fingerprint density at radius 2 is 1.77 bits per heavy atom. The summed E-state index contributed by atoms with van der Waals surface area (Å²) in [6.07, 6.45) is 5.02. The molecule has 0 unspecified atom stereocenters. The third kappa shape index (κ3) is 4.81. The Kier molecular flexibility index (Phi) is 6.38. The van der Waals surface area contributed by atoms with Gasteiger partial charge in [-0.2, -0.15) is 0 Å². The molecule has 0 atom stereocenters. The first-order valence-corrected chi connectivity index (χ1v) is 9.09. The van der Waals surface area contributed by atoms with Crippen LogP contribution in [0.15, 0.2) is 41.3 Å². The number of phenols is 1. The van der Waals surface area contributed by atoms with Crippen LogP contribution < -0.4 is 0 Å². The van der Waals surface area contributed by atoms with Crippen molar-refractivity contribution in [1.29, 1.82) is 0 Å². The Hall–Kier alpha value is -1.41. The lowest BCUT2D eigenvalue weighted by Crippen LogP contribution is -1.94. The molecule has 0 aliphatic heterocycles. The monoisotopic (exact) mass is 314 g/mol. The minimum atomic E-state index is 0.375. The van der Waals surface area contributed by atoms with Crippen LogP contribution >= 0.6 is 11.8 Å². The van der Waals surface area contributed by atoms with Crippen LogP contribution in [0.25, 0.3) is 0 Å². The molecule has 0 amide bonds. The van der Waals surface area contributed by atoms with Gasteiger partial charge in [-0.3, -0.25) is 0 Å². The smallest absolute Gasteiger partial charge is 0.118 e. The molecular weight excluding hydrogens is 288 g/mol. The highest BCUT2D eigenvalue weighted by Crippen LogP contribution is 2.29. The van der Waals surface area contributed by atoms with Crippen molar-refractivity contribution in [1.82, 2.24) is 0 Å². The van der Waals surface area contributed by atoms with Gasteiger partial charge in [0.1, 0.15) is 5.75 Å². The minimum Gasteiger partial charge on any atom is -0.508 e. The van der Waals surface area contributed by atoms with Crippen LogP contribution in [-0.2, 0) is 12.2 Å². The summed E-state index contributed by atoms with van der Waals surface area (Å²) in [4.78, 5) is 1.22. The van der Waals surface area contributed by atoms with E-state index in [0.717, 1.165) is 11.3 Å². The van der Waals surface area contributed by atoms with E-state index in [1.54, 1.807) is 6.07 Å². The van der Waals surface area contributed by atoms with E-state index in [4.69, 9.17) is 0 Å². The number of phenolic OH excluding ortho intramolecular Hbond substituents is 1. The fourth-order valence-corrected chi connectivity index (χ4v) is 3.59. The van der Waals surface area contributed by atoms with Crippen LogP contribution in [0.5, 0.6) is 5.75 Å². The van der Waals surface area contributed by atoms with Gasteiger partial charge in [-0.05, 0) is 61.6 Å². The van der Waals surface area contributed by atoms with Crippen molar-refractivity contribution >= 4 is 11.8 Å². The molecule has 0 radical (unpaired) electrons. The first kappa shape index (κ1) is 17.0. The number of benzene rings is 2. The maximum atomic E-state index is 9.62. The van der Waals surface area contributed by atoms with Crippen LogP contribution in [0.3, 0.4) is 0 Å². The van der Waals surface area contributed by atoms with Crippen molar-refractivity contribution in [2.24, 2.45) is 0 Å². The maximum absolute atomic E-state index is 9.62. The highest BCUT2D eigenvalue weighted by atomic mass is 32.2. The molecule has 2 aromatic rings. The lowest BCUT2D eigenvalue weighted by atomic mass is 10.0. The molecule has 22 heavy (non-hydrogen) atoms. The number of thioether (sulfide) groups is 1. The van der Waals surface area contributed by atoms with E-state index >= 15 is 0 Å². The van der Waals surface area contributed by atoms with Gasteiger partial charge < -0.3 is 5.11 Å². The third-order valence-corrected chi connectivity index (χ3v) is 5.02. The Labute approximate surface area is 138 Å². The standard InChI is InChI=1S/C20H26OS/c1-4-5-6-7-17-9-8-15(2)12-18(17)14-22-19-10-11-20(21)16(3)13-19/h8-13,21H,4-7,14H2,1-3H3. The van der Waals surface area contributed by atoms with Crippen molar-refractivity contribution in [2.45, 2.75) is 57.1 Å². The summed E-state index contributed by atoms with van der Waals surface area (Å²) < 4.78 is 0. The molecule has 0 spiro atoms. The van der Waals surface area contributed by atoms with Crippen LogP contribution in [0, 0.1) is 13.8 Å². The van der Waals surface area contributed by atoms with Crippen molar-refractivity contribution < 1.29 is 5.11 Å². The zero-order chi connectivity index (χ0) is 15.9.